The average molecular weight is 396 g/mol. The van der Waals surface area contributed by atoms with Crippen LogP contribution in [0.2, 0.25) is 0 Å². The maximum absolute atomic E-state index is 12.8. The Kier molecular flexibility index (Phi) is 5.74. The van der Waals surface area contributed by atoms with Crippen LogP contribution in [0.5, 0.6) is 0 Å². The van der Waals surface area contributed by atoms with E-state index in [4.69, 9.17) is 12.2 Å². The molecule has 0 fully saturated rings. The van der Waals surface area contributed by atoms with Gasteiger partial charge in [0.15, 0.2) is 5.11 Å². The monoisotopic (exact) mass is 396 g/mol. The second kappa shape index (κ2) is 7.48. The molecule has 2 rings (SSSR count). The van der Waals surface area contributed by atoms with E-state index in [-0.39, 0.29) is 17.7 Å². The summed E-state index contributed by atoms with van der Waals surface area (Å²) in [5, 5.41) is 4.73. The van der Waals surface area contributed by atoms with Crippen molar-refractivity contribution in [2.24, 2.45) is 0 Å². The molecule has 140 valence electrons. The molecule has 0 aromatic heterocycles. The van der Waals surface area contributed by atoms with Gasteiger partial charge in [0.2, 0.25) is 0 Å². The van der Waals surface area contributed by atoms with Gasteiger partial charge in [0.05, 0.1) is 11.1 Å². The Morgan fingerprint density at radius 2 is 1.35 bits per heavy atom. The summed E-state index contributed by atoms with van der Waals surface area (Å²) in [6.07, 6.45) is -9.89. The Morgan fingerprint density at radius 1 is 0.846 bits per heavy atom. The minimum atomic E-state index is -4.94. The summed E-state index contributed by atoms with van der Waals surface area (Å²) in [6, 6.07) is 6.40. The number of nitrogens with one attached hydrogen (secondary N) is 2. The SMILES string of the molecule is Fc1ccc(CNC(=S)Nc2cc(C(F)(F)F)cc(C(F)(F)F)c2)cc1. The van der Waals surface area contributed by atoms with Crippen LogP contribution >= 0.6 is 12.2 Å². The van der Waals surface area contributed by atoms with Gasteiger partial charge < -0.3 is 10.6 Å². The Morgan fingerprint density at radius 3 is 1.81 bits per heavy atom. The molecule has 2 nitrogen and oxygen atoms in total. The van der Waals surface area contributed by atoms with Crippen molar-refractivity contribution in [1.82, 2.24) is 5.32 Å². The molecule has 26 heavy (non-hydrogen) atoms. The molecular weight excluding hydrogens is 385 g/mol. The van der Waals surface area contributed by atoms with Gasteiger partial charge in [0.1, 0.15) is 5.82 Å². The van der Waals surface area contributed by atoms with Crippen molar-refractivity contribution >= 4 is 23.0 Å². The topological polar surface area (TPSA) is 24.1 Å². The molecule has 0 bridgehead atoms. The Bertz CT molecular complexity index is 750. The van der Waals surface area contributed by atoms with E-state index in [9.17, 15) is 30.7 Å². The lowest BCUT2D eigenvalue weighted by molar-refractivity contribution is -0.143. The Balaban J connectivity index is 2.14. The molecule has 0 spiro atoms. The number of benzene rings is 2. The zero-order valence-corrected chi connectivity index (χ0v) is 13.6. The van der Waals surface area contributed by atoms with Gasteiger partial charge in [0.25, 0.3) is 0 Å². The Hall–Kier alpha value is -2.36. The van der Waals surface area contributed by atoms with Gasteiger partial charge in [-0.2, -0.15) is 26.3 Å². The van der Waals surface area contributed by atoms with E-state index in [1.165, 1.54) is 24.3 Å². The lowest BCUT2D eigenvalue weighted by Gasteiger charge is -2.16. The molecule has 2 aromatic rings. The molecule has 0 amide bonds. The predicted octanol–water partition coefficient (Wildman–Crippen LogP) is 5.35. The van der Waals surface area contributed by atoms with Crippen LogP contribution in [0.4, 0.5) is 36.4 Å². The van der Waals surface area contributed by atoms with Gasteiger partial charge in [-0.05, 0) is 48.1 Å². The highest BCUT2D eigenvalue weighted by Gasteiger charge is 2.37. The first-order valence-corrected chi connectivity index (χ1v) is 7.45. The van der Waals surface area contributed by atoms with Crippen molar-refractivity contribution < 1.29 is 30.7 Å². The largest absolute Gasteiger partial charge is 0.416 e. The second-order valence-electron chi connectivity index (χ2n) is 5.23. The molecule has 2 N–H and O–H groups in total. The predicted molar refractivity (Wildman–Crippen MR) is 85.9 cm³/mol. The quantitative estimate of drug-likeness (QED) is 0.540. The van der Waals surface area contributed by atoms with Crippen molar-refractivity contribution in [2.45, 2.75) is 18.9 Å². The normalized spacial score (nSPS) is 12.0. The first-order chi connectivity index (χ1) is 11.9. The van der Waals surface area contributed by atoms with Crippen LogP contribution in [0.1, 0.15) is 16.7 Å². The third kappa shape index (κ3) is 5.58. The molecule has 0 saturated heterocycles. The summed E-state index contributed by atoms with van der Waals surface area (Å²) in [7, 11) is 0. The van der Waals surface area contributed by atoms with E-state index in [0.29, 0.717) is 17.7 Å². The fraction of sp³-hybridized carbons (Fsp3) is 0.188. The fourth-order valence-corrected chi connectivity index (χ4v) is 2.18. The summed E-state index contributed by atoms with van der Waals surface area (Å²) in [5.74, 6) is -0.446. The smallest absolute Gasteiger partial charge is 0.358 e. The van der Waals surface area contributed by atoms with Crippen LogP contribution in [0.15, 0.2) is 42.5 Å². The summed E-state index contributed by atoms with van der Waals surface area (Å²) in [5.41, 5.74) is -2.73. The van der Waals surface area contributed by atoms with E-state index < -0.39 is 35.0 Å². The minimum Gasteiger partial charge on any atom is -0.358 e. The first-order valence-electron chi connectivity index (χ1n) is 7.04. The summed E-state index contributed by atoms with van der Waals surface area (Å²) in [4.78, 5) is 0. The average Bonchev–Trinajstić information content (AvgIpc) is 2.52. The number of rotatable bonds is 3. The number of anilines is 1. The van der Waals surface area contributed by atoms with Gasteiger partial charge in [0, 0.05) is 12.2 Å². The van der Waals surface area contributed by atoms with Crippen molar-refractivity contribution in [2.75, 3.05) is 5.32 Å². The molecule has 0 atom stereocenters. The summed E-state index contributed by atoms with van der Waals surface area (Å²) >= 11 is 4.88. The van der Waals surface area contributed by atoms with Gasteiger partial charge in [-0.3, -0.25) is 0 Å². The molecule has 0 aliphatic carbocycles. The van der Waals surface area contributed by atoms with Crippen molar-refractivity contribution in [3.05, 3.63) is 65.0 Å². The van der Waals surface area contributed by atoms with Gasteiger partial charge in [-0.1, -0.05) is 12.1 Å². The highest BCUT2D eigenvalue weighted by molar-refractivity contribution is 7.80. The minimum absolute atomic E-state index is 0.0279. The van der Waals surface area contributed by atoms with E-state index in [0.717, 1.165) is 0 Å². The third-order valence-electron chi connectivity index (χ3n) is 3.21. The van der Waals surface area contributed by atoms with Gasteiger partial charge >= 0.3 is 12.4 Å². The Labute approximate surface area is 149 Å². The molecule has 0 radical (unpaired) electrons. The number of thiocarbonyl (C=S) groups is 1. The molecule has 0 unspecified atom stereocenters. The molecule has 0 saturated carbocycles. The molecule has 0 aliphatic rings. The highest BCUT2D eigenvalue weighted by Crippen LogP contribution is 2.37. The van der Waals surface area contributed by atoms with Crippen LogP contribution in [0, 0.1) is 5.82 Å². The fourth-order valence-electron chi connectivity index (χ4n) is 1.99. The number of alkyl halides is 6. The van der Waals surface area contributed by atoms with Crippen LogP contribution in [-0.2, 0) is 18.9 Å². The van der Waals surface area contributed by atoms with E-state index in [1.54, 1.807) is 0 Å². The molecule has 0 aliphatic heterocycles. The molecule has 10 heteroatoms. The summed E-state index contributed by atoms with van der Waals surface area (Å²) < 4.78 is 89.6. The van der Waals surface area contributed by atoms with E-state index >= 15 is 0 Å². The van der Waals surface area contributed by atoms with Crippen LogP contribution in [-0.4, -0.2) is 5.11 Å². The van der Waals surface area contributed by atoms with Crippen LogP contribution < -0.4 is 10.6 Å². The standard InChI is InChI=1S/C16H11F7N2S/c17-12-3-1-9(2-4-12)8-24-14(26)25-13-6-10(15(18,19)20)5-11(7-13)16(21,22)23/h1-7H,8H2,(H2,24,25,26). The number of hydrogen-bond acceptors (Lipinski definition) is 1. The van der Waals surface area contributed by atoms with E-state index in [1.807, 2.05) is 0 Å². The summed E-state index contributed by atoms with van der Waals surface area (Å²) in [6.45, 7) is 0.108. The maximum Gasteiger partial charge on any atom is 0.416 e. The molecular formula is C16H11F7N2S. The second-order valence-corrected chi connectivity index (χ2v) is 5.64. The number of hydrogen-bond donors (Lipinski definition) is 2. The maximum atomic E-state index is 12.8. The van der Waals surface area contributed by atoms with Crippen LogP contribution in [0.25, 0.3) is 0 Å². The highest BCUT2D eigenvalue weighted by atomic mass is 32.1. The number of halogens is 7. The van der Waals surface area contributed by atoms with Crippen LogP contribution in [0.3, 0.4) is 0 Å². The first kappa shape index (κ1) is 20.0. The molecule has 0 heterocycles. The van der Waals surface area contributed by atoms with Crippen molar-refractivity contribution in [3.63, 3.8) is 0 Å². The van der Waals surface area contributed by atoms with Crippen molar-refractivity contribution in [3.8, 4) is 0 Å². The van der Waals surface area contributed by atoms with Crippen molar-refractivity contribution in [1.29, 1.82) is 0 Å². The molecule has 2 aromatic carbocycles. The third-order valence-corrected chi connectivity index (χ3v) is 3.46. The van der Waals surface area contributed by atoms with Gasteiger partial charge in [-0.25, -0.2) is 4.39 Å². The van der Waals surface area contributed by atoms with Gasteiger partial charge in [-0.15, -0.1) is 0 Å². The lowest BCUT2D eigenvalue weighted by atomic mass is 10.1. The van der Waals surface area contributed by atoms with E-state index in [2.05, 4.69) is 10.6 Å². The lowest BCUT2D eigenvalue weighted by Crippen LogP contribution is -2.28. The zero-order valence-electron chi connectivity index (χ0n) is 12.8. The zero-order chi connectivity index (χ0) is 19.5.